The minimum atomic E-state index is -0.581. The van der Waals surface area contributed by atoms with Gasteiger partial charge in [0, 0.05) is 19.1 Å². The smallest absolute Gasteiger partial charge is 0.197 e. The third-order valence-electron chi connectivity index (χ3n) is 5.01. The number of aliphatic hydroxyl groups excluding tert-OH is 1. The predicted molar refractivity (Wildman–Crippen MR) is 92.8 cm³/mol. The minimum absolute atomic E-state index is 0.0344. The van der Waals surface area contributed by atoms with Crippen molar-refractivity contribution in [2.75, 3.05) is 27.3 Å². The molecule has 6 heteroatoms. The first-order valence-corrected chi connectivity index (χ1v) is 8.78. The Hall–Kier alpha value is -1.37. The third kappa shape index (κ3) is 3.48. The summed E-state index contributed by atoms with van der Waals surface area (Å²) in [4.78, 5) is 2.27. The summed E-state index contributed by atoms with van der Waals surface area (Å²) in [6.07, 6.45) is 0.310. The van der Waals surface area contributed by atoms with Gasteiger partial charge in [0.15, 0.2) is 17.3 Å². The van der Waals surface area contributed by atoms with Crippen LogP contribution in [0, 0.1) is 5.82 Å². The average Bonchev–Trinajstić information content (AvgIpc) is 2.54. The Morgan fingerprint density at radius 2 is 1.96 bits per heavy atom. The molecule has 0 saturated carbocycles. The van der Waals surface area contributed by atoms with Crippen LogP contribution in [-0.2, 0) is 11.2 Å². The molecule has 5 nitrogen and oxygen atoms in total. The first-order chi connectivity index (χ1) is 11.7. The van der Waals surface area contributed by atoms with Gasteiger partial charge >= 0.3 is 0 Å². The van der Waals surface area contributed by atoms with Gasteiger partial charge in [0.2, 0.25) is 0 Å². The molecule has 0 radical (unpaired) electrons. The van der Waals surface area contributed by atoms with Crippen LogP contribution in [0.3, 0.4) is 0 Å². The molecule has 0 spiro atoms. The Bertz CT molecular complexity index is 643. The lowest BCUT2D eigenvalue weighted by atomic mass is 9.84. The molecule has 0 amide bonds. The minimum Gasteiger partial charge on any atom is -0.493 e. The maximum Gasteiger partial charge on any atom is 0.197 e. The van der Waals surface area contributed by atoms with Crippen LogP contribution >= 0.6 is 0 Å². The topological polar surface area (TPSA) is 51.2 Å². The average molecular weight is 353 g/mol. The summed E-state index contributed by atoms with van der Waals surface area (Å²) in [5, 5.41) is 10.6. The number of hydrogen-bond acceptors (Lipinski definition) is 5. The Balaban J connectivity index is 1.92. The van der Waals surface area contributed by atoms with Gasteiger partial charge in [-0.3, -0.25) is 4.90 Å². The fourth-order valence-corrected chi connectivity index (χ4v) is 3.96. The van der Waals surface area contributed by atoms with E-state index in [1.807, 2.05) is 26.8 Å². The molecule has 1 N–H and O–H groups in total. The van der Waals surface area contributed by atoms with Crippen LogP contribution in [0.15, 0.2) is 6.07 Å². The van der Waals surface area contributed by atoms with E-state index < -0.39 is 6.10 Å². The van der Waals surface area contributed by atoms with E-state index in [1.54, 1.807) is 0 Å². The van der Waals surface area contributed by atoms with Crippen molar-refractivity contribution in [2.45, 2.75) is 57.5 Å². The molecular weight excluding hydrogens is 325 g/mol. The maximum absolute atomic E-state index is 14.8. The van der Waals surface area contributed by atoms with Crippen molar-refractivity contribution in [3.05, 3.63) is 23.0 Å². The molecule has 1 aromatic rings. The highest BCUT2D eigenvalue weighted by molar-refractivity contribution is 5.51. The van der Waals surface area contributed by atoms with E-state index in [2.05, 4.69) is 4.90 Å². The molecule has 25 heavy (non-hydrogen) atoms. The molecule has 1 saturated heterocycles. The summed E-state index contributed by atoms with van der Waals surface area (Å²) in [5.41, 5.74) is 1.24. The van der Waals surface area contributed by atoms with Crippen molar-refractivity contribution < 1.29 is 23.7 Å². The van der Waals surface area contributed by atoms with Crippen LogP contribution < -0.4 is 9.47 Å². The molecule has 2 heterocycles. The van der Waals surface area contributed by atoms with Gasteiger partial charge in [-0.25, -0.2) is 4.39 Å². The summed E-state index contributed by atoms with van der Waals surface area (Å²) in [5.74, 6) is 0.196. The lowest BCUT2D eigenvalue weighted by Crippen LogP contribution is -2.53. The molecule has 1 aromatic carbocycles. The van der Waals surface area contributed by atoms with Gasteiger partial charge in [-0.2, -0.15) is 0 Å². The van der Waals surface area contributed by atoms with E-state index in [4.69, 9.17) is 14.2 Å². The van der Waals surface area contributed by atoms with Gasteiger partial charge in [0.05, 0.1) is 32.0 Å². The largest absolute Gasteiger partial charge is 0.493 e. The van der Waals surface area contributed by atoms with E-state index in [-0.39, 0.29) is 29.3 Å². The van der Waals surface area contributed by atoms with Gasteiger partial charge in [0.1, 0.15) is 0 Å². The number of hydrogen-bond donors (Lipinski definition) is 1. The molecule has 0 aromatic heterocycles. The van der Waals surface area contributed by atoms with E-state index in [9.17, 15) is 9.50 Å². The Morgan fingerprint density at radius 3 is 2.56 bits per heavy atom. The lowest BCUT2D eigenvalue weighted by molar-refractivity contribution is -0.149. The van der Waals surface area contributed by atoms with Gasteiger partial charge in [-0.1, -0.05) is 0 Å². The summed E-state index contributed by atoms with van der Waals surface area (Å²) >= 11 is 0. The van der Waals surface area contributed by atoms with Crippen molar-refractivity contribution in [1.29, 1.82) is 0 Å². The van der Waals surface area contributed by atoms with Crippen LogP contribution in [0.1, 0.15) is 44.4 Å². The Labute approximate surface area is 148 Å². The molecule has 3 rings (SSSR count). The number of benzene rings is 1. The van der Waals surface area contributed by atoms with Gasteiger partial charge < -0.3 is 19.3 Å². The summed E-state index contributed by atoms with van der Waals surface area (Å²) < 4.78 is 31.4. The number of halogens is 1. The van der Waals surface area contributed by atoms with E-state index in [0.717, 1.165) is 12.1 Å². The van der Waals surface area contributed by atoms with E-state index in [0.29, 0.717) is 30.7 Å². The second-order valence-electron chi connectivity index (χ2n) is 7.83. The van der Waals surface area contributed by atoms with Gasteiger partial charge in [-0.15, -0.1) is 0 Å². The Kier molecular flexibility index (Phi) is 4.97. The molecule has 0 aliphatic carbocycles. The van der Waals surface area contributed by atoms with Crippen molar-refractivity contribution in [3.8, 4) is 11.5 Å². The molecule has 0 unspecified atom stereocenters. The molecule has 0 bridgehead atoms. The number of methoxy groups -OCH3 is 2. The number of nitrogens with zero attached hydrogens (tertiary/aromatic N) is 1. The van der Waals surface area contributed by atoms with Crippen LogP contribution in [0.4, 0.5) is 4.39 Å². The van der Waals surface area contributed by atoms with Crippen molar-refractivity contribution in [1.82, 2.24) is 4.90 Å². The predicted octanol–water partition coefficient (Wildman–Crippen LogP) is 2.69. The lowest BCUT2D eigenvalue weighted by Gasteiger charge is -2.46. The van der Waals surface area contributed by atoms with Crippen molar-refractivity contribution in [3.63, 3.8) is 0 Å². The van der Waals surface area contributed by atoms with Crippen LogP contribution in [0.25, 0.3) is 0 Å². The summed E-state index contributed by atoms with van der Waals surface area (Å²) in [6, 6.07) is 1.82. The third-order valence-corrected chi connectivity index (χ3v) is 5.01. The highest BCUT2D eigenvalue weighted by Gasteiger charge is 2.41. The second kappa shape index (κ2) is 6.74. The fraction of sp³-hybridized carbons (Fsp3) is 0.684. The van der Waals surface area contributed by atoms with E-state index >= 15 is 0 Å². The molecule has 1 fully saturated rings. The highest BCUT2D eigenvalue weighted by atomic mass is 19.1. The molecular formula is C19H28FNO4. The number of rotatable bonds is 3. The number of piperidine rings is 1. The molecule has 2 aliphatic rings. The highest BCUT2D eigenvalue weighted by Crippen LogP contribution is 2.44. The molecule has 140 valence electrons. The monoisotopic (exact) mass is 353 g/mol. The quantitative estimate of drug-likeness (QED) is 0.905. The van der Waals surface area contributed by atoms with Crippen LogP contribution in [-0.4, -0.2) is 55.1 Å². The molecule has 3 atom stereocenters. The summed E-state index contributed by atoms with van der Waals surface area (Å²) in [6.45, 7) is 7.34. The standard InChI is InChI=1S/C19H28FNO4/c1-19(2,3)25-16-10-21-7-6-11-12(13(21)9-14(16)22)8-15(23-4)18(24-5)17(11)20/h8,13-14,16,22H,6-7,9-10H2,1-5H3/t13-,14-,16-/m1/s1. The summed E-state index contributed by atoms with van der Waals surface area (Å²) in [7, 11) is 2.95. The van der Waals surface area contributed by atoms with E-state index in [1.165, 1.54) is 14.2 Å². The van der Waals surface area contributed by atoms with Gasteiger partial charge in [-0.05, 0) is 50.8 Å². The fourth-order valence-electron chi connectivity index (χ4n) is 3.96. The zero-order valence-corrected chi connectivity index (χ0v) is 15.6. The van der Waals surface area contributed by atoms with Crippen molar-refractivity contribution in [2.24, 2.45) is 0 Å². The zero-order chi connectivity index (χ0) is 18.4. The first kappa shape index (κ1) is 18.4. The second-order valence-corrected chi connectivity index (χ2v) is 7.83. The SMILES string of the molecule is COc1cc2c(c(F)c1OC)CCN1C[C@@H](OC(C)(C)C)[C@H](O)C[C@H]21. The number of fused-ring (bicyclic) bond motifs is 3. The normalized spacial score (nSPS) is 26.8. The first-order valence-electron chi connectivity index (χ1n) is 8.78. The number of aliphatic hydroxyl groups is 1. The Morgan fingerprint density at radius 1 is 1.24 bits per heavy atom. The zero-order valence-electron chi connectivity index (χ0n) is 15.6. The number of ether oxygens (including phenoxy) is 3. The van der Waals surface area contributed by atoms with Crippen LogP contribution in [0.2, 0.25) is 0 Å². The van der Waals surface area contributed by atoms with Crippen LogP contribution in [0.5, 0.6) is 11.5 Å². The van der Waals surface area contributed by atoms with Gasteiger partial charge in [0.25, 0.3) is 0 Å². The molecule has 2 aliphatic heterocycles. The maximum atomic E-state index is 14.8. The van der Waals surface area contributed by atoms with Crippen molar-refractivity contribution >= 4 is 0 Å².